The lowest BCUT2D eigenvalue weighted by molar-refractivity contribution is 0.104. The zero-order valence-corrected chi connectivity index (χ0v) is 37.6. The Kier molecular flexibility index (Phi) is 17.4. The monoisotopic (exact) mass is 886 g/mol. The molecule has 0 saturated heterocycles. The van der Waals surface area contributed by atoms with Gasteiger partial charge in [-0.1, -0.05) is 59.1 Å². The van der Waals surface area contributed by atoms with Crippen molar-refractivity contribution in [3.8, 4) is 33.4 Å². The van der Waals surface area contributed by atoms with Crippen molar-refractivity contribution >= 4 is 27.3 Å². The normalized spacial score (nSPS) is 12.0. The average Bonchev–Trinajstić information content (AvgIpc) is 3.98. The summed E-state index contributed by atoms with van der Waals surface area (Å²) in [5, 5.41) is 4.82. The smallest absolute Gasteiger partial charge is 0.197 e. The van der Waals surface area contributed by atoms with Crippen molar-refractivity contribution in [1.82, 2.24) is 39.9 Å². The number of aromatic nitrogens is 8. The molecule has 9 aromatic rings. The Morgan fingerprint density at radius 1 is 0.515 bits per heavy atom. The standard InChI is InChI=1S/C13H12N2.C12H8N2.C11H6N2O.C11H8N2.C5H12.CH3F.H4N2.H2O.H2/c1-13(2)11-7-14-5-3-9(11)10-4-6-15-8-12(10)13;1-2-10-8-14-6-4-12(10)11-3-5-13-7-9(1)11;14-11-9-5-12-3-1-7(9)8-2-4-13-6-10(8)11;1-3-12-6-8-5-9-7-13-4-2-11(9)10(1)8;1-3-5-4-2;2*1-2;;/h3-8H,1-2H3;1-8H;1-6H;1-4,6-7H,5H2;3-5H2,1-2H3;1H3;1-2H2;1H2;1H/i;;;;;1D;;;1+1. The van der Waals surface area contributed by atoms with E-state index in [0.717, 1.165) is 17.5 Å². The van der Waals surface area contributed by atoms with Crippen LogP contribution in [0, 0.1) is 0 Å². The van der Waals surface area contributed by atoms with Crippen molar-refractivity contribution in [2.45, 2.75) is 58.8 Å². The summed E-state index contributed by atoms with van der Waals surface area (Å²) in [5.74, 6) is 8.02. The molecule has 0 fully saturated rings. The number of rotatable bonds is 2. The second-order valence-electron chi connectivity index (χ2n) is 15.5. The molecule has 0 saturated carbocycles. The Labute approximate surface area is 387 Å². The largest absolute Gasteiger partial charge is 0.412 e. The maximum atomic E-state index is 11.8. The predicted molar refractivity (Wildman–Crippen MR) is 264 cm³/mol. The molecule has 8 aromatic heterocycles. The van der Waals surface area contributed by atoms with Gasteiger partial charge in [0.15, 0.2) is 5.78 Å². The summed E-state index contributed by atoms with van der Waals surface area (Å²) in [6.45, 7) is 8.87. The molecular weight excluding hydrogens is 828 g/mol. The molecule has 0 unspecified atom stereocenters. The maximum Gasteiger partial charge on any atom is 0.197 e. The Morgan fingerprint density at radius 3 is 1.24 bits per heavy atom. The number of halogens is 1. The third-order valence-corrected chi connectivity index (χ3v) is 11.3. The Balaban J connectivity index is 0.000000184. The minimum Gasteiger partial charge on any atom is -0.412 e. The van der Waals surface area contributed by atoms with Crippen molar-refractivity contribution in [3.05, 3.63) is 193 Å². The number of carbonyl (C=O) groups is 1. The molecule has 1 aromatic carbocycles. The van der Waals surface area contributed by atoms with E-state index in [4.69, 9.17) is 1.37 Å². The van der Waals surface area contributed by atoms with E-state index in [0.29, 0.717) is 11.1 Å². The number of nitrogens with two attached hydrogens (primary N) is 2. The fourth-order valence-electron chi connectivity index (χ4n) is 8.13. The van der Waals surface area contributed by atoms with Crippen molar-refractivity contribution in [1.29, 1.82) is 0 Å². The first kappa shape index (κ1) is 47.9. The molecule has 0 atom stereocenters. The first-order chi connectivity index (χ1) is 32.3. The molecule has 8 heterocycles. The molecule has 0 radical (unpaired) electrons. The number of fused-ring (bicyclic) bond motifs is 12. The number of hydrazine groups is 1. The van der Waals surface area contributed by atoms with Gasteiger partial charge in [-0.2, -0.15) is 0 Å². The van der Waals surface area contributed by atoms with Crippen LogP contribution in [0.3, 0.4) is 0 Å². The van der Waals surface area contributed by atoms with Crippen LogP contribution in [0.25, 0.3) is 54.9 Å². The van der Waals surface area contributed by atoms with Gasteiger partial charge < -0.3 is 5.48 Å². The summed E-state index contributed by atoms with van der Waals surface area (Å²) in [5.41, 5.74) is 13.8. The molecule has 3 aliphatic carbocycles. The van der Waals surface area contributed by atoms with E-state index in [1.807, 2.05) is 98.6 Å². The first-order valence-electron chi connectivity index (χ1n) is 22.0. The van der Waals surface area contributed by atoms with Crippen LogP contribution in [0.15, 0.2) is 160 Å². The van der Waals surface area contributed by atoms with E-state index in [1.165, 1.54) is 85.3 Å². The van der Waals surface area contributed by atoms with Crippen LogP contribution in [0.2, 0.25) is 0 Å². The van der Waals surface area contributed by atoms with Gasteiger partial charge in [0.25, 0.3) is 0 Å². The molecule has 3 aliphatic rings. The molecule has 66 heavy (non-hydrogen) atoms. The summed E-state index contributed by atoms with van der Waals surface area (Å²) in [6.07, 6.45) is 34.3. The third-order valence-electron chi connectivity index (χ3n) is 11.3. The summed E-state index contributed by atoms with van der Waals surface area (Å²) in [4.78, 5) is 44.6. The zero-order chi connectivity index (χ0) is 46.9. The second kappa shape index (κ2) is 23.9. The van der Waals surface area contributed by atoms with Gasteiger partial charge in [-0.15, -0.1) is 0 Å². The van der Waals surface area contributed by atoms with Crippen LogP contribution in [0.1, 0.15) is 87.9 Å². The predicted octanol–water partition coefficient (Wildman–Crippen LogP) is 10.3. The molecular formula is C53H57FN10O2. The van der Waals surface area contributed by atoms with Crippen LogP contribution in [0.5, 0.6) is 0 Å². The minimum absolute atomic E-state index is 0. The molecule has 12 nitrogen and oxygen atoms in total. The Bertz CT molecular complexity index is 2840. The van der Waals surface area contributed by atoms with Crippen LogP contribution >= 0.6 is 0 Å². The third kappa shape index (κ3) is 10.7. The number of pyridine rings is 8. The first-order valence-corrected chi connectivity index (χ1v) is 21.3. The number of hydrogen-bond acceptors (Lipinski definition) is 11. The van der Waals surface area contributed by atoms with Crippen LogP contribution in [-0.2, 0) is 11.8 Å². The quantitative estimate of drug-likeness (QED) is 0.0949. The lowest BCUT2D eigenvalue weighted by atomic mass is 9.84. The van der Waals surface area contributed by atoms with Crippen LogP contribution in [-0.4, -0.2) is 58.3 Å². The number of nitrogens with zero attached hydrogens (tertiary/aromatic N) is 8. The SMILES string of the molecule is CC1(C)c2cnccc2-c2ccncc21.CCCCC.NN.O.O=C1c2cnccc2-c2ccncc21.[2HH].[2H]CF.c1cc2c(ccc3cnccc32)cn1.c1cc2c(cn1)Cc1cnccc1-2. The maximum absolute atomic E-state index is 11.8. The number of ketones is 1. The van der Waals surface area contributed by atoms with Gasteiger partial charge in [0.1, 0.15) is 0 Å². The number of benzene rings is 1. The molecule has 0 aliphatic heterocycles. The highest BCUT2D eigenvalue weighted by Gasteiger charge is 2.35. The van der Waals surface area contributed by atoms with E-state index in [9.17, 15) is 9.18 Å². The molecule has 338 valence electrons. The molecule has 0 amide bonds. The summed E-state index contributed by atoms with van der Waals surface area (Å²) >= 11 is 0. The van der Waals surface area contributed by atoms with E-state index >= 15 is 0 Å². The van der Waals surface area contributed by atoms with Crippen molar-refractivity contribution in [3.63, 3.8) is 0 Å². The lowest BCUT2D eigenvalue weighted by Crippen LogP contribution is -2.15. The highest BCUT2D eigenvalue weighted by molar-refractivity contribution is 6.21. The highest BCUT2D eigenvalue weighted by atomic mass is 19.1. The second-order valence-corrected chi connectivity index (χ2v) is 15.5. The number of unbranched alkanes of at least 4 members (excludes halogenated alkanes) is 2. The van der Waals surface area contributed by atoms with Crippen molar-refractivity contribution in [2.24, 2.45) is 11.7 Å². The molecule has 12 rings (SSSR count). The Hall–Kier alpha value is -7.58. The summed E-state index contributed by atoms with van der Waals surface area (Å²) in [6, 6.07) is 20.3. The van der Waals surface area contributed by atoms with Crippen LogP contribution in [0.4, 0.5) is 4.39 Å². The molecule has 13 heteroatoms. The van der Waals surface area contributed by atoms with Gasteiger partial charge in [0.2, 0.25) is 0 Å². The van der Waals surface area contributed by atoms with Gasteiger partial charge >= 0.3 is 0 Å². The van der Waals surface area contributed by atoms with E-state index in [2.05, 4.69) is 116 Å². The van der Waals surface area contributed by atoms with Crippen molar-refractivity contribution in [2.75, 3.05) is 7.15 Å². The fourth-order valence-corrected chi connectivity index (χ4v) is 8.13. The zero-order valence-electron chi connectivity index (χ0n) is 38.6. The van der Waals surface area contributed by atoms with Crippen LogP contribution < -0.4 is 11.7 Å². The van der Waals surface area contributed by atoms with Gasteiger partial charge in [-0.3, -0.25) is 60.7 Å². The Morgan fingerprint density at radius 2 is 0.848 bits per heavy atom. The highest BCUT2D eigenvalue weighted by Crippen LogP contribution is 2.47. The lowest BCUT2D eigenvalue weighted by Gasteiger charge is -2.19. The number of alkyl halides is 1. The van der Waals surface area contributed by atoms with E-state index in [-0.39, 0.29) is 18.1 Å². The van der Waals surface area contributed by atoms with Gasteiger partial charge in [-0.25, -0.2) is 0 Å². The van der Waals surface area contributed by atoms with Gasteiger partial charge in [0.05, 0.1) is 8.52 Å². The number of hydrogen-bond donors (Lipinski definition) is 2. The minimum atomic E-state index is -1.00. The molecule has 0 bridgehead atoms. The summed E-state index contributed by atoms with van der Waals surface area (Å²) < 4.78 is 15.5. The fraction of sp³-hybridized carbons (Fsp3) is 0.189. The topological polar surface area (TPSA) is 204 Å². The molecule has 0 spiro atoms. The van der Waals surface area contributed by atoms with Crippen molar-refractivity contribution < 1.29 is 17.5 Å². The van der Waals surface area contributed by atoms with E-state index in [1.54, 1.807) is 24.8 Å². The average molecular weight is 887 g/mol. The van der Waals surface area contributed by atoms with Gasteiger partial charge in [0, 0.05) is 134 Å². The van der Waals surface area contributed by atoms with E-state index < -0.39 is 7.15 Å². The number of carbonyl (C=O) groups excluding carboxylic acids is 1. The van der Waals surface area contributed by atoms with Gasteiger partial charge in [-0.05, 0) is 115 Å². The summed E-state index contributed by atoms with van der Waals surface area (Å²) in [7, 11) is -1.00. The molecule has 6 N–H and O–H groups in total.